The number of thioether (sulfide) groups is 3. The molecule has 0 bridgehead atoms. The van der Waals surface area contributed by atoms with Gasteiger partial charge in [-0.1, -0.05) is 18.2 Å². The van der Waals surface area contributed by atoms with E-state index in [0.29, 0.717) is 0 Å². The number of rotatable bonds is 12. The van der Waals surface area contributed by atoms with Crippen LogP contribution < -0.4 is 23.5 Å². The lowest BCUT2D eigenvalue weighted by molar-refractivity contribution is -2.00. The highest BCUT2D eigenvalue weighted by molar-refractivity contribution is 7.99. The number of hydrogen-bond acceptors (Lipinski definition) is 10. The minimum Gasteiger partial charge on any atom is -0.333 e. The lowest BCUT2D eigenvalue weighted by Crippen LogP contribution is -3.13. The fourth-order valence-corrected chi connectivity index (χ4v) is 5.30. The van der Waals surface area contributed by atoms with Crippen LogP contribution in [0.15, 0.2) is 88.3 Å². The van der Waals surface area contributed by atoms with E-state index in [-0.39, 0.29) is 0 Å². The zero-order valence-electron chi connectivity index (χ0n) is 17.7. The van der Waals surface area contributed by atoms with Gasteiger partial charge in [-0.3, -0.25) is 0 Å². The van der Waals surface area contributed by atoms with Crippen LogP contribution in [-0.2, 0) is 0 Å². The van der Waals surface area contributed by atoms with Crippen LogP contribution in [0.25, 0.3) is 0 Å². The SMILES string of the molecule is [O-][Cl+3]([O-])([O-])[O-].c1ccc(SCC[NH+](CCSc2ccccn2)CCSc2ccccn2)nc1. The summed E-state index contributed by atoms with van der Waals surface area (Å²) in [7, 11) is -4.94. The lowest BCUT2D eigenvalue weighted by Gasteiger charge is -2.19. The van der Waals surface area contributed by atoms with Gasteiger partial charge in [0.15, 0.2) is 0 Å². The number of halogens is 1. The summed E-state index contributed by atoms with van der Waals surface area (Å²) in [5.74, 6) is 3.23. The zero-order valence-corrected chi connectivity index (χ0v) is 21.0. The standard InChI is InChI=1S/C21H24N4S3.ClHO4/c1-4-10-22-19(7-1)26-16-13-25(14-17-27-20-8-2-5-11-23-20)15-18-28-21-9-3-6-12-24-21;2-1(3,4)5/h1-12H,13-18H2;(H,2,3,4,5). The highest BCUT2D eigenvalue weighted by Gasteiger charge is 2.10. The second kappa shape index (κ2) is 16.3. The van der Waals surface area contributed by atoms with Gasteiger partial charge in [-0.2, -0.15) is 0 Å². The van der Waals surface area contributed by atoms with E-state index in [1.807, 2.05) is 90.3 Å². The van der Waals surface area contributed by atoms with Gasteiger partial charge >= 0.3 is 0 Å². The third-order valence-corrected chi connectivity index (χ3v) is 6.87. The Labute approximate surface area is 208 Å². The van der Waals surface area contributed by atoms with Crippen LogP contribution in [0.2, 0.25) is 0 Å². The first-order chi connectivity index (χ1) is 15.9. The van der Waals surface area contributed by atoms with Crippen LogP contribution in [-0.4, -0.2) is 51.8 Å². The summed E-state index contributed by atoms with van der Waals surface area (Å²) in [6.45, 7) is 3.40. The Morgan fingerprint density at radius 1 is 0.576 bits per heavy atom. The Kier molecular flexibility index (Phi) is 13.7. The van der Waals surface area contributed by atoms with Gasteiger partial charge in [0, 0.05) is 35.8 Å². The van der Waals surface area contributed by atoms with Crippen molar-refractivity contribution < 1.29 is 33.8 Å². The molecule has 0 saturated heterocycles. The Morgan fingerprint density at radius 2 is 0.879 bits per heavy atom. The monoisotopic (exact) mass is 528 g/mol. The summed E-state index contributed by atoms with van der Waals surface area (Å²) < 4.78 is 34.0. The van der Waals surface area contributed by atoms with Gasteiger partial charge in [-0.05, 0) is 36.4 Å². The van der Waals surface area contributed by atoms with Crippen molar-refractivity contribution in [3.63, 3.8) is 0 Å². The molecule has 12 heteroatoms. The van der Waals surface area contributed by atoms with Crippen molar-refractivity contribution >= 4 is 35.3 Å². The Bertz CT molecular complexity index is 767. The van der Waals surface area contributed by atoms with Gasteiger partial charge in [0.1, 0.15) is 0 Å². The fourth-order valence-electron chi connectivity index (χ4n) is 2.57. The second-order valence-electron chi connectivity index (χ2n) is 6.43. The van der Waals surface area contributed by atoms with Crippen molar-refractivity contribution in [2.45, 2.75) is 15.1 Å². The highest BCUT2D eigenvalue weighted by atomic mass is 35.7. The molecule has 33 heavy (non-hydrogen) atoms. The van der Waals surface area contributed by atoms with Crippen LogP contribution in [0, 0.1) is 10.2 Å². The van der Waals surface area contributed by atoms with E-state index in [2.05, 4.69) is 33.2 Å². The molecule has 0 atom stereocenters. The van der Waals surface area contributed by atoms with E-state index in [1.54, 1.807) is 4.90 Å². The topological polar surface area (TPSA) is 135 Å². The molecule has 178 valence electrons. The molecule has 3 heterocycles. The molecule has 0 aromatic carbocycles. The number of hydrogen-bond donors (Lipinski definition) is 1. The molecule has 0 unspecified atom stereocenters. The Hall–Kier alpha value is -1.41. The second-order valence-corrected chi connectivity index (χ2v) is 10.5. The van der Waals surface area contributed by atoms with Gasteiger partial charge in [-0.25, -0.2) is 33.6 Å². The maximum absolute atomic E-state index is 8.49. The lowest BCUT2D eigenvalue weighted by atomic mass is 10.5. The average Bonchev–Trinajstić information content (AvgIpc) is 2.80. The van der Waals surface area contributed by atoms with Crippen LogP contribution in [0.4, 0.5) is 0 Å². The molecule has 3 aromatic rings. The number of pyridine rings is 3. The van der Waals surface area contributed by atoms with Crippen LogP contribution in [0.5, 0.6) is 0 Å². The first-order valence-electron chi connectivity index (χ1n) is 9.97. The molecular formula is C21H25ClN4O4S3. The van der Waals surface area contributed by atoms with E-state index >= 15 is 0 Å². The van der Waals surface area contributed by atoms with Gasteiger partial charge in [0.25, 0.3) is 0 Å². The molecule has 0 aliphatic carbocycles. The number of quaternary nitrogens is 1. The van der Waals surface area contributed by atoms with Gasteiger partial charge in [-0.15, -0.1) is 45.5 Å². The van der Waals surface area contributed by atoms with Gasteiger partial charge in [0.05, 0.1) is 34.7 Å². The number of nitrogens with one attached hydrogen (secondary N) is 1. The predicted octanol–water partition coefficient (Wildman–Crippen LogP) is -1.32. The molecular weight excluding hydrogens is 504 g/mol. The van der Waals surface area contributed by atoms with Gasteiger partial charge in [0.2, 0.25) is 0 Å². The molecule has 0 aliphatic rings. The summed E-state index contributed by atoms with van der Waals surface area (Å²) in [5.41, 5.74) is 0. The first-order valence-corrected chi connectivity index (χ1v) is 14.2. The molecule has 8 nitrogen and oxygen atoms in total. The molecule has 3 rings (SSSR count). The molecule has 0 spiro atoms. The van der Waals surface area contributed by atoms with Crippen molar-refractivity contribution in [2.75, 3.05) is 36.9 Å². The zero-order chi connectivity index (χ0) is 23.8. The Balaban J connectivity index is 0.000000696. The summed E-state index contributed by atoms with van der Waals surface area (Å²) in [6.07, 6.45) is 5.58. The van der Waals surface area contributed by atoms with Crippen LogP contribution in [0.3, 0.4) is 0 Å². The van der Waals surface area contributed by atoms with E-state index in [1.165, 1.54) is 0 Å². The first kappa shape index (κ1) is 27.8. The highest BCUT2D eigenvalue weighted by Crippen LogP contribution is 2.14. The van der Waals surface area contributed by atoms with Crippen LogP contribution >= 0.6 is 35.3 Å². The minimum absolute atomic E-state index is 1.08. The van der Waals surface area contributed by atoms with Crippen molar-refractivity contribution in [1.82, 2.24) is 15.0 Å². The molecule has 0 aliphatic heterocycles. The average molecular weight is 529 g/mol. The third-order valence-electron chi connectivity index (χ3n) is 4.03. The largest absolute Gasteiger partial charge is 0.333 e. The fraction of sp³-hybridized carbons (Fsp3) is 0.286. The number of aromatic nitrogens is 3. The number of nitrogens with zero attached hydrogens (tertiary/aromatic N) is 3. The van der Waals surface area contributed by atoms with E-state index in [9.17, 15) is 0 Å². The molecule has 0 amide bonds. The summed E-state index contributed by atoms with van der Waals surface area (Å²) in [4.78, 5) is 14.8. The van der Waals surface area contributed by atoms with E-state index < -0.39 is 10.2 Å². The quantitative estimate of drug-likeness (QED) is 0.282. The minimum atomic E-state index is -4.94. The van der Waals surface area contributed by atoms with Crippen LogP contribution in [0.1, 0.15) is 0 Å². The molecule has 0 fully saturated rings. The van der Waals surface area contributed by atoms with Crippen molar-refractivity contribution in [3.8, 4) is 0 Å². The maximum atomic E-state index is 8.49. The summed E-state index contributed by atoms with van der Waals surface area (Å²) in [5, 5.41) is 3.31. The third kappa shape index (κ3) is 15.2. The maximum Gasteiger partial charge on any atom is 0.0961 e. The molecule has 0 radical (unpaired) electrons. The van der Waals surface area contributed by atoms with Crippen molar-refractivity contribution in [3.05, 3.63) is 73.2 Å². The van der Waals surface area contributed by atoms with Crippen molar-refractivity contribution in [2.24, 2.45) is 0 Å². The molecule has 3 aromatic heterocycles. The van der Waals surface area contributed by atoms with Gasteiger partial charge < -0.3 is 4.90 Å². The van der Waals surface area contributed by atoms with Crippen molar-refractivity contribution in [1.29, 1.82) is 0 Å². The Morgan fingerprint density at radius 3 is 1.12 bits per heavy atom. The normalized spacial score (nSPS) is 11.2. The smallest absolute Gasteiger partial charge is 0.0961 e. The van der Waals surface area contributed by atoms with E-state index in [0.717, 1.165) is 52.0 Å². The summed E-state index contributed by atoms with van der Waals surface area (Å²) >= 11 is 5.51. The predicted molar refractivity (Wildman–Crippen MR) is 120 cm³/mol. The van der Waals surface area contributed by atoms with E-state index in [4.69, 9.17) is 18.6 Å². The molecule has 0 saturated carbocycles. The molecule has 1 N–H and O–H groups in total. The summed E-state index contributed by atoms with van der Waals surface area (Å²) in [6, 6.07) is 18.3.